The van der Waals surface area contributed by atoms with Gasteiger partial charge in [-0.3, -0.25) is 0 Å². The molecule has 2 aromatic carbocycles. The van der Waals surface area contributed by atoms with Gasteiger partial charge in [-0.2, -0.15) is 0 Å². The molecule has 4 atom stereocenters. The Labute approximate surface area is 336 Å². The lowest BCUT2D eigenvalue weighted by atomic mass is 9.84. The zero-order valence-electron chi connectivity index (χ0n) is 34.8. The van der Waals surface area contributed by atoms with E-state index in [9.17, 15) is 19.1 Å². The minimum Gasteiger partial charge on any atom is -0.444 e. The third-order valence-corrected chi connectivity index (χ3v) is 15.7. The second-order valence-corrected chi connectivity index (χ2v) is 22.7. The number of hydrogen-bond acceptors (Lipinski definition) is 7. The van der Waals surface area contributed by atoms with Gasteiger partial charge in [-0.25, -0.2) is 27.7 Å². The Morgan fingerprint density at radius 2 is 1.74 bits per heavy atom. The second-order valence-electron chi connectivity index (χ2n) is 18.0. The highest BCUT2D eigenvalue weighted by atomic mass is 28.4. The highest BCUT2D eigenvalue weighted by molar-refractivity contribution is 6.74. The summed E-state index contributed by atoms with van der Waals surface area (Å²) in [6.07, 6.45) is 0.141. The van der Waals surface area contributed by atoms with Crippen LogP contribution >= 0.6 is 0 Å². The number of imidazole rings is 1. The van der Waals surface area contributed by atoms with Gasteiger partial charge in [0.15, 0.2) is 8.32 Å². The van der Waals surface area contributed by atoms with Crippen molar-refractivity contribution in [1.29, 1.82) is 0 Å². The zero-order valence-corrected chi connectivity index (χ0v) is 35.8. The number of urea groups is 1. The van der Waals surface area contributed by atoms with Crippen LogP contribution in [-0.2, 0) is 20.4 Å². The lowest BCUT2D eigenvalue weighted by Crippen LogP contribution is -2.61. The van der Waals surface area contributed by atoms with E-state index in [1.54, 1.807) is 33.9 Å². The van der Waals surface area contributed by atoms with Crippen molar-refractivity contribution in [1.82, 2.24) is 24.7 Å². The van der Waals surface area contributed by atoms with Gasteiger partial charge in [-0.1, -0.05) is 51.1 Å². The predicted octanol–water partition coefficient (Wildman–Crippen LogP) is 8.09. The van der Waals surface area contributed by atoms with Crippen molar-refractivity contribution in [3.8, 4) is 11.3 Å². The van der Waals surface area contributed by atoms with Gasteiger partial charge >= 0.3 is 12.1 Å². The molecule has 3 heterocycles. The molecule has 0 spiro atoms. The molecule has 314 valence electrons. The number of aromatic nitrogens is 2. The van der Waals surface area contributed by atoms with Gasteiger partial charge in [0.2, 0.25) is 0 Å². The van der Waals surface area contributed by atoms with Crippen LogP contribution in [-0.4, -0.2) is 108 Å². The van der Waals surface area contributed by atoms with Crippen molar-refractivity contribution in [3.05, 3.63) is 77.8 Å². The zero-order chi connectivity index (χ0) is 41.9. The number of carbonyl (C=O) groups excluding carboxylic acids is 2. The molecule has 57 heavy (non-hydrogen) atoms. The number of nitrogens with one attached hydrogen (secondary N) is 1. The largest absolute Gasteiger partial charge is 0.444 e. The van der Waals surface area contributed by atoms with Crippen LogP contribution in [0.4, 0.5) is 22.8 Å². The Bertz CT molecular complexity index is 1840. The molecular formula is C42H60F3N5O6Si. The predicted molar refractivity (Wildman–Crippen MR) is 215 cm³/mol. The van der Waals surface area contributed by atoms with E-state index in [1.165, 1.54) is 9.80 Å². The summed E-state index contributed by atoms with van der Waals surface area (Å²) in [5, 5.41) is 12.7. The molecule has 0 bridgehead atoms. The van der Waals surface area contributed by atoms with Gasteiger partial charge in [0.05, 0.1) is 30.5 Å². The van der Waals surface area contributed by atoms with Crippen molar-refractivity contribution in [3.63, 3.8) is 0 Å². The monoisotopic (exact) mass is 815 g/mol. The van der Waals surface area contributed by atoms with Gasteiger partial charge in [0.1, 0.15) is 35.3 Å². The SMILES string of the molecule is C[C@@H](CO)NC(=O)N(C[C@@H]1CN(C(=O)OC(C)(C)C)C[C@@H]1F)[C@@H](c1nc(-c2cc(F)ccc2F)cn1Cc1ccccc1)C1(O[Si](C)(C)C(C)(C)C)CCOCC1. The average Bonchev–Trinajstić information content (AvgIpc) is 3.70. The Kier molecular flexibility index (Phi) is 13.6. The Morgan fingerprint density at radius 1 is 1.07 bits per heavy atom. The number of rotatable bonds is 12. The molecule has 3 aromatic rings. The molecule has 5 rings (SSSR count). The summed E-state index contributed by atoms with van der Waals surface area (Å²) >= 11 is 0. The summed E-state index contributed by atoms with van der Waals surface area (Å²) in [5.74, 6) is -1.85. The number of amides is 3. The van der Waals surface area contributed by atoms with Crippen LogP contribution in [0, 0.1) is 17.6 Å². The summed E-state index contributed by atoms with van der Waals surface area (Å²) in [6, 6.07) is 10.4. The topological polar surface area (TPSA) is 118 Å². The maximum atomic E-state index is 16.3. The fourth-order valence-corrected chi connectivity index (χ4v) is 8.86. The molecule has 15 heteroatoms. The second kappa shape index (κ2) is 17.5. The van der Waals surface area contributed by atoms with E-state index in [2.05, 4.69) is 39.2 Å². The van der Waals surface area contributed by atoms with Crippen LogP contribution in [0.1, 0.15) is 78.7 Å². The lowest BCUT2D eigenvalue weighted by molar-refractivity contribution is -0.102. The van der Waals surface area contributed by atoms with E-state index >= 15 is 8.78 Å². The normalized spacial score (nSPS) is 19.9. The third kappa shape index (κ3) is 10.6. The molecule has 0 radical (unpaired) electrons. The number of aliphatic hydroxyl groups is 1. The molecule has 0 unspecified atom stereocenters. The summed E-state index contributed by atoms with van der Waals surface area (Å²) < 4.78 is 67.5. The third-order valence-electron chi connectivity index (χ3n) is 11.2. The molecule has 2 aliphatic rings. The van der Waals surface area contributed by atoms with E-state index < -0.39 is 67.5 Å². The van der Waals surface area contributed by atoms with E-state index in [-0.39, 0.29) is 49.1 Å². The minimum absolute atomic E-state index is 0.0282. The van der Waals surface area contributed by atoms with Crippen LogP contribution < -0.4 is 5.32 Å². The number of nitrogens with zero attached hydrogens (tertiary/aromatic N) is 4. The Balaban J connectivity index is 1.76. The number of hydrogen-bond donors (Lipinski definition) is 2. The maximum absolute atomic E-state index is 16.3. The fourth-order valence-electron chi connectivity index (χ4n) is 7.22. The number of alkyl halides is 1. The molecule has 2 aliphatic heterocycles. The summed E-state index contributed by atoms with van der Waals surface area (Å²) in [5.41, 5.74) is -1.00. The highest BCUT2D eigenvalue weighted by Gasteiger charge is 2.55. The first-order chi connectivity index (χ1) is 26.6. The number of ether oxygens (including phenoxy) is 2. The molecule has 1 aromatic heterocycles. The Hall–Kier alpha value is -3.92. The summed E-state index contributed by atoms with van der Waals surface area (Å²) in [7, 11) is -2.70. The van der Waals surface area contributed by atoms with E-state index in [1.807, 2.05) is 34.9 Å². The first-order valence-electron chi connectivity index (χ1n) is 19.8. The van der Waals surface area contributed by atoms with E-state index in [4.69, 9.17) is 18.9 Å². The quantitative estimate of drug-likeness (QED) is 0.178. The van der Waals surface area contributed by atoms with E-state index in [0.29, 0.717) is 31.9 Å². The van der Waals surface area contributed by atoms with Gasteiger partial charge in [0, 0.05) is 63.4 Å². The Morgan fingerprint density at radius 3 is 2.35 bits per heavy atom. The van der Waals surface area contributed by atoms with Gasteiger partial charge in [0.25, 0.3) is 0 Å². The molecule has 0 saturated carbocycles. The number of likely N-dealkylation sites (tertiary alicyclic amines) is 1. The first kappa shape index (κ1) is 44.2. The maximum Gasteiger partial charge on any atom is 0.410 e. The number of aliphatic hydroxyl groups excluding tert-OH is 1. The van der Waals surface area contributed by atoms with Crippen molar-refractivity contribution in [2.75, 3.05) is 39.5 Å². The highest BCUT2D eigenvalue weighted by Crippen LogP contribution is 2.49. The fraction of sp³-hybridized carbons (Fsp3) is 0.595. The number of carbonyl (C=O) groups is 2. The molecule has 3 amide bonds. The molecule has 2 fully saturated rings. The van der Waals surface area contributed by atoms with Crippen molar-refractivity contribution < 1.29 is 41.8 Å². The van der Waals surface area contributed by atoms with Crippen LogP contribution in [0.3, 0.4) is 0 Å². The van der Waals surface area contributed by atoms with Gasteiger partial charge in [-0.05, 0) is 69.6 Å². The minimum atomic E-state index is -2.70. The van der Waals surface area contributed by atoms with Crippen LogP contribution in [0.2, 0.25) is 18.1 Å². The number of benzene rings is 2. The molecule has 2 saturated heterocycles. The van der Waals surface area contributed by atoms with Crippen molar-refractivity contribution >= 4 is 20.4 Å². The van der Waals surface area contributed by atoms with Crippen molar-refractivity contribution in [2.45, 2.75) is 115 Å². The summed E-state index contributed by atoms with van der Waals surface area (Å²) in [4.78, 5) is 36.0. The van der Waals surface area contributed by atoms with Gasteiger partial charge in [-0.15, -0.1) is 0 Å². The lowest BCUT2D eigenvalue weighted by Gasteiger charge is -2.53. The summed E-state index contributed by atoms with van der Waals surface area (Å²) in [6.45, 7) is 17.5. The van der Waals surface area contributed by atoms with Crippen molar-refractivity contribution in [2.24, 2.45) is 5.92 Å². The van der Waals surface area contributed by atoms with Crippen LogP contribution in [0.15, 0.2) is 54.7 Å². The average molecular weight is 816 g/mol. The molecule has 2 N–H and O–H groups in total. The molecule has 11 nitrogen and oxygen atoms in total. The van der Waals surface area contributed by atoms with Crippen LogP contribution in [0.5, 0.6) is 0 Å². The smallest absolute Gasteiger partial charge is 0.410 e. The standard InChI is InChI=1S/C42H60F3N5O6Si/c1-28(27-51)46-38(52)50(24-30-23-49(25-34(30)45)39(53)55-40(2,3)4)36(42(17-19-54-20-18-42)56-57(8,9)41(5,6)7)37-47-35(32-21-31(43)15-16-33(32)44)26-48(37)22-29-13-11-10-12-14-29/h10-16,21,26,28,30,34,36,51H,17-20,22-25,27H2,1-9H3,(H,46,52)/t28-,30-,34-,36-/m0/s1. The van der Waals surface area contributed by atoms with Gasteiger partial charge < -0.3 is 38.7 Å². The molecular weight excluding hydrogens is 756 g/mol. The number of halogens is 3. The van der Waals surface area contributed by atoms with Crippen LogP contribution in [0.25, 0.3) is 11.3 Å². The first-order valence-corrected chi connectivity index (χ1v) is 22.7. The van der Waals surface area contributed by atoms with E-state index in [0.717, 1.165) is 23.8 Å². The molecule has 0 aliphatic carbocycles.